The third-order valence-electron chi connectivity index (χ3n) is 2.72. The van der Waals surface area contributed by atoms with Gasteiger partial charge in [0.05, 0.1) is 0 Å². The van der Waals surface area contributed by atoms with Crippen LogP contribution >= 0.6 is 11.8 Å². The Labute approximate surface area is 84.7 Å². The summed E-state index contributed by atoms with van der Waals surface area (Å²) in [5, 5.41) is 0.773. The Morgan fingerprint density at radius 3 is 2.77 bits per heavy atom. The summed E-state index contributed by atoms with van der Waals surface area (Å²) in [6.07, 6.45) is 4.19. The molecule has 0 N–H and O–H groups in total. The minimum absolute atomic E-state index is 0.773. The Kier molecular flexibility index (Phi) is 2.94. The summed E-state index contributed by atoms with van der Waals surface area (Å²) in [7, 11) is 0. The van der Waals surface area contributed by atoms with Gasteiger partial charge in [0.25, 0.3) is 0 Å². The predicted octanol–water partition coefficient (Wildman–Crippen LogP) is 3.95. The highest BCUT2D eigenvalue weighted by Gasteiger charge is 2.16. The van der Waals surface area contributed by atoms with Crippen LogP contribution in [-0.2, 0) is 0 Å². The molecule has 1 fully saturated rings. The normalized spacial score (nSPS) is 23.0. The van der Waals surface area contributed by atoms with Crippen molar-refractivity contribution < 1.29 is 0 Å². The van der Waals surface area contributed by atoms with E-state index < -0.39 is 0 Å². The van der Waals surface area contributed by atoms with Crippen molar-refractivity contribution in [2.75, 3.05) is 5.75 Å². The van der Waals surface area contributed by atoms with E-state index in [-0.39, 0.29) is 0 Å². The highest BCUT2D eigenvalue weighted by atomic mass is 32.2. The van der Waals surface area contributed by atoms with Gasteiger partial charge in [-0.25, -0.2) is 0 Å². The van der Waals surface area contributed by atoms with Crippen molar-refractivity contribution in [3.63, 3.8) is 0 Å². The molecule has 0 aliphatic carbocycles. The summed E-state index contributed by atoms with van der Waals surface area (Å²) in [5.74, 6) is 1.35. The second-order valence-electron chi connectivity index (χ2n) is 3.71. The summed E-state index contributed by atoms with van der Waals surface area (Å²) in [6.45, 7) is 2.23. The molecule has 1 aromatic rings. The molecule has 0 amide bonds. The van der Waals surface area contributed by atoms with E-state index in [4.69, 9.17) is 0 Å². The topological polar surface area (TPSA) is 0 Å². The van der Waals surface area contributed by atoms with Crippen LogP contribution < -0.4 is 0 Å². The number of hydrogen-bond donors (Lipinski definition) is 0. The fraction of sp³-hybridized carbons (Fsp3) is 0.500. The summed E-state index contributed by atoms with van der Waals surface area (Å²) in [5.41, 5.74) is 3.02. The molecule has 1 aliphatic heterocycles. The van der Waals surface area contributed by atoms with E-state index in [0.29, 0.717) is 0 Å². The van der Waals surface area contributed by atoms with E-state index in [1.54, 1.807) is 5.56 Å². The van der Waals surface area contributed by atoms with Crippen molar-refractivity contribution in [2.45, 2.75) is 31.4 Å². The van der Waals surface area contributed by atoms with Crippen LogP contribution in [0.1, 0.15) is 35.6 Å². The molecular formula is C12H16S. The van der Waals surface area contributed by atoms with Crippen molar-refractivity contribution in [1.29, 1.82) is 0 Å². The molecule has 0 saturated carbocycles. The Morgan fingerprint density at radius 2 is 2.08 bits per heavy atom. The van der Waals surface area contributed by atoms with Gasteiger partial charge in [-0.1, -0.05) is 30.7 Å². The fourth-order valence-electron chi connectivity index (χ4n) is 1.93. The van der Waals surface area contributed by atoms with Gasteiger partial charge in [0.1, 0.15) is 0 Å². The molecule has 1 heteroatoms. The van der Waals surface area contributed by atoms with Crippen LogP contribution in [0.3, 0.4) is 0 Å². The summed E-state index contributed by atoms with van der Waals surface area (Å²) < 4.78 is 0. The number of hydrogen-bond acceptors (Lipinski definition) is 1. The molecule has 1 saturated heterocycles. The molecule has 2 rings (SSSR count). The Bertz CT molecular complexity index is 274. The maximum Gasteiger partial charge on any atom is 0.0299 e. The van der Waals surface area contributed by atoms with Crippen LogP contribution in [0.5, 0.6) is 0 Å². The number of benzene rings is 1. The van der Waals surface area contributed by atoms with Gasteiger partial charge in [-0.15, -0.1) is 0 Å². The third kappa shape index (κ3) is 2.08. The van der Waals surface area contributed by atoms with E-state index in [1.807, 2.05) is 0 Å². The second-order valence-corrected chi connectivity index (χ2v) is 5.02. The first-order valence-electron chi connectivity index (χ1n) is 5.05. The third-order valence-corrected chi connectivity index (χ3v) is 4.13. The molecule has 0 radical (unpaired) electrons. The van der Waals surface area contributed by atoms with Crippen molar-refractivity contribution in [3.8, 4) is 0 Å². The van der Waals surface area contributed by atoms with Crippen molar-refractivity contribution in [2.24, 2.45) is 0 Å². The summed E-state index contributed by atoms with van der Waals surface area (Å²) in [4.78, 5) is 0. The van der Waals surface area contributed by atoms with E-state index in [0.717, 1.165) is 5.25 Å². The molecule has 0 bridgehead atoms. The SMILES string of the molecule is Cc1ccccc1C1CCCCS1. The van der Waals surface area contributed by atoms with Gasteiger partial charge in [0, 0.05) is 5.25 Å². The lowest BCUT2D eigenvalue weighted by Gasteiger charge is -2.22. The zero-order valence-electron chi connectivity index (χ0n) is 8.12. The Balaban J connectivity index is 2.18. The van der Waals surface area contributed by atoms with Crippen molar-refractivity contribution in [3.05, 3.63) is 35.4 Å². The van der Waals surface area contributed by atoms with Gasteiger partial charge in [-0.2, -0.15) is 11.8 Å². The molecular weight excluding hydrogens is 176 g/mol. The van der Waals surface area contributed by atoms with Gasteiger partial charge >= 0.3 is 0 Å². The van der Waals surface area contributed by atoms with Crippen LogP contribution in [0.2, 0.25) is 0 Å². The van der Waals surface area contributed by atoms with Gasteiger partial charge in [0.15, 0.2) is 0 Å². The lowest BCUT2D eigenvalue weighted by molar-refractivity contribution is 0.684. The number of aryl methyl sites for hydroxylation is 1. The molecule has 70 valence electrons. The van der Waals surface area contributed by atoms with Crippen molar-refractivity contribution >= 4 is 11.8 Å². The van der Waals surface area contributed by atoms with E-state index in [1.165, 1.54) is 30.6 Å². The number of rotatable bonds is 1. The fourth-order valence-corrected chi connectivity index (χ4v) is 3.37. The first kappa shape index (κ1) is 9.14. The highest BCUT2D eigenvalue weighted by molar-refractivity contribution is 7.99. The largest absolute Gasteiger partial charge is 0.154 e. The number of thioether (sulfide) groups is 1. The minimum atomic E-state index is 0.773. The average Bonchev–Trinajstić information content (AvgIpc) is 2.20. The van der Waals surface area contributed by atoms with Crippen LogP contribution in [0.4, 0.5) is 0 Å². The molecule has 1 heterocycles. The highest BCUT2D eigenvalue weighted by Crippen LogP contribution is 2.39. The minimum Gasteiger partial charge on any atom is -0.154 e. The quantitative estimate of drug-likeness (QED) is 0.649. The van der Waals surface area contributed by atoms with Gasteiger partial charge < -0.3 is 0 Å². The summed E-state index contributed by atoms with van der Waals surface area (Å²) in [6, 6.07) is 8.81. The molecule has 1 atom stereocenters. The van der Waals surface area contributed by atoms with Crippen molar-refractivity contribution in [1.82, 2.24) is 0 Å². The van der Waals surface area contributed by atoms with E-state index in [2.05, 4.69) is 43.0 Å². The van der Waals surface area contributed by atoms with E-state index in [9.17, 15) is 0 Å². The zero-order valence-corrected chi connectivity index (χ0v) is 8.94. The zero-order chi connectivity index (χ0) is 9.10. The smallest absolute Gasteiger partial charge is 0.0299 e. The molecule has 13 heavy (non-hydrogen) atoms. The Morgan fingerprint density at radius 1 is 1.23 bits per heavy atom. The van der Waals surface area contributed by atoms with Crippen LogP contribution in [-0.4, -0.2) is 5.75 Å². The van der Waals surface area contributed by atoms with Gasteiger partial charge in [-0.05, 0) is 36.6 Å². The molecule has 1 aromatic carbocycles. The van der Waals surface area contributed by atoms with Gasteiger partial charge in [0.2, 0.25) is 0 Å². The first-order valence-corrected chi connectivity index (χ1v) is 6.10. The van der Waals surface area contributed by atoms with Crippen LogP contribution in [0.25, 0.3) is 0 Å². The standard InChI is InChI=1S/C12H16S/c1-10-6-2-3-7-11(10)12-8-4-5-9-13-12/h2-3,6-7,12H,4-5,8-9H2,1H3. The average molecular weight is 192 g/mol. The van der Waals surface area contributed by atoms with Gasteiger partial charge in [-0.3, -0.25) is 0 Å². The molecule has 0 spiro atoms. The van der Waals surface area contributed by atoms with E-state index >= 15 is 0 Å². The lowest BCUT2D eigenvalue weighted by atomic mass is 10.0. The molecule has 1 unspecified atom stereocenters. The monoisotopic (exact) mass is 192 g/mol. The first-order chi connectivity index (χ1) is 6.38. The maximum absolute atomic E-state index is 2.29. The molecule has 1 aliphatic rings. The molecule has 0 nitrogen and oxygen atoms in total. The summed E-state index contributed by atoms with van der Waals surface area (Å²) >= 11 is 2.13. The van der Waals surface area contributed by atoms with Crippen LogP contribution in [0.15, 0.2) is 24.3 Å². The predicted molar refractivity (Wildman–Crippen MR) is 60.2 cm³/mol. The second kappa shape index (κ2) is 4.19. The Hall–Kier alpha value is -0.430. The maximum atomic E-state index is 2.29. The molecule has 0 aromatic heterocycles. The lowest BCUT2D eigenvalue weighted by Crippen LogP contribution is -2.03. The van der Waals surface area contributed by atoms with Crippen LogP contribution in [0, 0.1) is 6.92 Å².